The highest BCUT2D eigenvalue weighted by Crippen LogP contribution is 2.29. The summed E-state index contributed by atoms with van der Waals surface area (Å²) in [5.41, 5.74) is 0.634. The zero-order valence-corrected chi connectivity index (χ0v) is 12.6. The molecule has 7 nitrogen and oxygen atoms in total. The summed E-state index contributed by atoms with van der Waals surface area (Å²) in [6.07, 6.45) is -0.200. The minimum absolute atomic E-state index is 0.0492. The highest BCUT2D eigenvalue weighted by molar-refractivity contribution is 5.93. The number of carboxylic acid groups (broad SMARTS) is 1. The normalized spacial score (nSPS) is 21.0. The van der Waals surface area contributed by atoms with Crippen molar-refractivity contribution in [1.82, 2.24) is 0 Å². The van der Waals surface area contributed by atoms with Crippen LogP contribution in [0.15, 0.2) is 18.2 Å². The van der Waals surface area contributed by atoms with Crippen molar-refractivity contribution in [2.45, 2.75) is 19.1 Å². The van der Waals surface area contributed by atoms with Crippen LogP contribution >= 0.6 is 0 Å². The lowest BCUT2D eigenvalue weighted by Gasteiger charge is -2.27. The van der Waals surface area contributed by atoms with Gasteiger partial charge in [-0.3, -0.25) is 4.79 Å². The standard InChI is InChI=1S/C15H20N2O5/c1-10-7-11(17(2)5-6-18)3-4-13(10)16-15(14(20)21)8-12(19)9-22-15/h3-4,7,16,18H,5-6,8-9H2,1-2H3,(H,20,21). The lowest BCUT2D eigenvalue weighted by Crippen LogP contribution is -2.46. The lowest BCUT2D eigenvalue weighted by molar-refractivity contribution is -0.156. The van der Waals surface area contributed by atoms with Gasteiger partial charge in [-0.1, -0.05) is 0 Å². The Hall–Kier alpha value is -2.12. The molecule has 0 saturated carbocycles. The third kappa shape index (κ3) is 3.20. The molecule has 0 bridgehead atoms. The van der Waals surface area contributed by atoms with Crippen molar-refractivity contribution >= 4 is 23.1 Å². The summed E-state index contributed by atoms with van der Waals surface area (Å²) in [6.45, 7) is 2.19. The topological polar surface area (TPSA) is 99.1 Å². The second-order valence-electron chi connectivity index (χ2n) is 5.41. The molecule has 2 rings (SSSR count). The van der Waals surface area contributed by atoms with Crippen molar-refractivity contribution in [2.24, 2.45) is 0 Å². The van der Waals surface area contributed by atoms with Crippen LogP contribution in [0.3, 0.4) is 0 Å². The van der Waals surface area contributed by atoms with Crippen molar-refractivity contribution in [3.63, 3.8) is 0 Å². The summed E-state index contributed by atoms with van der Waals surface area (Å²) < 4.78 is 5.19. The molecule has 0 aromatic heterocycles. The quantitative estimate of drug-likeness (QED) is 0.708. The van der Waals surface area contributed by atoms with Gasteiger partial charge in [0, 0.05) is 25.0 Å². The van der Waals surface area contributed by atoms with Crippen molar-refractivity contribution < 1.29 is 24.5 Å². The Labute approximate surface area is 128 Å². The molecule has 1 unspecified atom stereocenters. The zero-order valence-electron chi connectivity index (χ0n) is 12.6. The number of aliphatic hydroxyl groups is 1. The van der Waals surface area contributed by atoms with Gasteiger partial charge >= 0.3 is 5.97 Å². The van der Waals surface area contributed by atoms with Gasteiger partial charge in [0.2, 0.25) is 5.72 Å². The summed E-state index contributed by atoms with van der Waals surface area (Å²) in [6, 6.07) is 5.44. The zero-order chi connectivity index (χ0) is 16.3. The maximum absolute atomic E-state index is 11.5. The molecule has 1 aromatic carbocycles. The van der Waals surface area contributed by atoms with Gasteiger partial charge in [-0.05, 0) is 30.7 Å². The fourth-order valence-corrected chi connectivity index (χ4v) is 2.38. The minimum Gasteiger partial charge on any atom is -0.478 e. The summed E-state index contributed by atoms with van der Waals surface area (Å²) in [4.78, 5) is 24.8. The number of aliphatic carboxylic acids is 1. The highest BCUT2D eigenvalue weighted by Gasteiger charge is 2.47. The molecule has 0 aliphatic carbocycles. The van der Waals surface area contributed by atoms with Crippen molar-refractivity contribution in [2.75, 3.05) is 37.0 Å². The number of ether oxygens (including phenoxy) is 1. The molecule has 7 heteroatoms. The summed E-state index contributed by atoms with van der Waals surface area (Å²) in [5.74, 6) is -1.45. The van der Waals surface area contributed by atoms with Gasteiger partial charge in [-0.2, -0.15) is 0 Å². The van der Waals surface area contributed by atoms with E-state index in [1.54, 1.807) is 6.07 Å². The smallest absolute Gasteiger partial charge is 0.357 e. The van der Waals surface area contributed by atoms with Gasteiger partial charge in [0.15, 0.2) is 5.78 Å². The molecule has 22 heavy (non-hydrogen) atoms. The Balaban J connectivity index is 2.22. The Morgan fingerprint density at radius 1 is 1.50 bits per heavy atom. The Morgan fingerprint density at radius 2 is 2.23 bits per heavy atom. The maximum atomic E-state index is 11.5. The molecule has 1 saturated heterocycles. The molecule has 1 fully saturated rings. The predicted molar refractivity (Wildman–Crippen MR) is 81.1 cm³/mol. The van der Waals surface area contributed by atoms with E-state index in [-0.39, 0.29) is 25.4 Å². The number of carboxylic acids is 1. The number of carbonyl (C=O) groups excluding carboxylic acids is 1. The Morgan fingerprint density at radius 3 is 2.73 bits per heavy atom. The second kappa shape index (κ2) is 6.33. The number of nitrogens with zero attached hydrogens (tertiary/aromatic N) is 1. The van der Waals surface area contributed by atoms with Gasteiger partial charge in [0.1, 0.15) is 6.61 Å². The molecule has 120 valence electrons. The van der Waals surface area contributed by atoms with Crippen LogP contribution < -0.4 is 10.2 Å². The number of likely N-dealkylation sites (N-methyl/N-ethyl adjacent to an activating group) is 1. The number of carbonyl (C=O) groups is 2. The number of rotatable bonds is 6. The van der Waals surface area contributed by atoms with Crippen LogP contribution in [0.25, 0.3) is 0 Å². The molecule has 1 heterocycles. The van der Waals surface area contributed by atoms with E-state index in [2.05, 4.69) is 5.32 Å². The molecular formula is C15H20N2O5. The average molecular weight is 308 g/mol. The van der Waals surface area contributed by atoms with E-state index in [1.807, 2.05) is 31.0 Å². The van der Waals surface area contributed by atoms with Crippen LogP contribution in [0.2, 0.25) is 0 Å². The fraction of sp³-hybridized carbons (Fsp3) is 0.467. The van der Waals surface area contributed by atoms with Gasteiger partial charge in [0.25, 0.3) is 0 Å². The molecular weight excluding hydrogens is 288 g/mol. The number of Topliss-reactive ketones (excluding diaryl/α,β-unsaturated/α-hetero) is 1. The van der Waals surface area contributed by atoms with E-state index in [0.717, 1.165) is 11.3 Å². The number of ketones is 1. The van der Waals surface area contributed by atoms with Gasteiger partial charge < -0.3 is 25.2 Å². The Kier molecular flexibility index (Phi) is 4.68. The Bertz CT molecular complexity index is 589. The molecule has 1 aromatic rings. The molecule has 1 aliphatic rings. The van der Waals surface area contributed by atoms with Crippen LogP contribution in [-0.2, 0) is 14.3 Å². The molecule has 0 amide bonds. The lowest BCUT2D eigenvalue weighted by atomic mass is 10.1. The summed E-state index contributed by atoms with van der Waals surface area (Å²) >= 11 is 0. The van der Waals surface area contributed by atoms with E-state index in [1.165, 1.54) is 0 Å². The van der Waals surface area contributed by atoms with E-state index < -0.39 is 11.7 Å². The van der Waals surface area contributed by atoms with Crippen LogP contribution in [0, 0.1) is 6.92 Å². The SMILES string of the molecule is Cc1cc(N(C)CCO)ccc1NC1(C(=O)O)CC(=O)CO1. The van der Waals surface area contributed by atoms with Gasteiger partial charge in [0.05, 0.1) is 13.0 Å². The molecule has 0 spiro atoms. The predicted octanol–water partition coefficient (Wildman–Crippen LogP) is 0.606. The minimum atomic E-state index is -1.69. The highest BCUT2D eigenvalue weighted by atomic mass is 16.5. The number of nitrogens with one attached hydrogen (secondary N) is 1. The first-order valence-electron chi connectivity index (χ1n) is 6.98. The van der Waals surface area contributed by atoms with Crippen LogP contribution in [-0.4, -0.2) is 54.5 Å². The first kappa shape index (κ1) is 16.3. The number of hydrogen-bond donors (Lipinski definition) is 3. The second-order valence-corrected chi connectivity index (χ2v) is 5.41. The van der Waals surface area contributed by atoms with Crippen molar-refractivity contribution in [3.8, 4) is 0 Å². The van der Waals surface area contributed by atoms with E-state index in [0.29, 0.717) is 12.2 Å². The number of benzene rings is 1. The first-order valence-corrected chi connectivity index (χ1v) is 6.98. The third-order valence-electron chi connectivity index (χ3n) is 3.69. The van der Waals surface area contributed by atoms with Gasteiger partial charge in [-0.25, -0.2) is 4.79 Å². The summed E-state index contributed by atoms with van der Waals surface area (Å²) in [5, 5.41) is 21.2. The molecule has 1 aliphatic heterocycles. The molecule has 3 N–H and O–H groups in total. The number of hydrogen-bond acceptors (Lipinski definition) is 6. The van der Waals surface area contributed by atoms with Crippen molar-refractivity contribution in [3.05, 3.63) is 23.8 Å². The summed E-state index contributed by atoms with van der Waals surface area (Å²) in [7, 11) is 1.86. The number of aliphatic hydroxyl groups excluding tert-OH is 1. The number of anilines is 2. The van der Waals surface area contributed by atoms with Crippen LogP contribution in [0.5, 0.6) is 0 Å². The monoisotopic (exact) mass is 308 g/mol. The van der Waals surface area contributed by atoms with Gasteiger partial charge in [-0.15, -0.1) is 0 Å². The van der Waals surface area contributed by atoms with Crippen molar-refractivity contribution in [1.29, 1.82) is 0 Å². The average Bonchev–Trinajstić information content (AvgIpc) is 2.84. The number of aryl methyl sites for hydroxylation is 1. The first-order chi connectivity index (χ1) is 10.4. The van der Waals surface area contributed by atoms with E-state index in [9.17, 15) is 14.7 Å². The fourth-order valence-electron chi connectivity index (χ4n) is 2.38. The van der Waals surface area contributed by atoms with E-state index >= 15 is 0 Å². The van der Waals surface area contributed by atoms with E-state index in [4.69, 9.17) is 9.84 Å². The maximum Gasteiger partial charge on any atom is 0.357 e. The largest absolute Gasteiger partial charge is 0.478 e. The molecule has 0 radical (unpaired) electrons. The van der Waals surface area contributed by atoms with Crippen LogP contribution in [0.4, 0.5) is 11.4 Å². The third-order valence-corrected chi connectivity index (χ3v) is 3.69. The van der Waals surface area contributed by atoms with Crippen LogP contribution in [0.1, 0.15) is 12.0 Å². The molecule has 1 atom stereocenters.